The minimum atomic E-state index is -1.28. The highest BCUT2D eigenvalue weighted by Crippen LogP contribution is 2.51. The first kappa shape index (κ1) is 27.3. The second-order valence-corrected chi connectivity index (χ2v) is 9.36. The Morgan fingerprint density at radius 3 is 2.58 bits per heavy atom. The highest BCUT2D eigenvalue weighted by atomic mass is 16.5. The molecule has 3 rings (SSSR count). The van der Waals surface area contributed by atoms with E-state index in [0.717, 1.165) is 0 Å². The molecule has 0 spiro atoms. The fourth-order valence-electron chi connectivity index (χ4n) is 4.65. The van der Waals surface area contributed by atoms with Crippen molar-refractivity contribution in [3.8, 4) is 11.5 Å². The number of ether oxygens (including phenoxy) is 2. The van der Waals surface area contributed by atoms with Gasteiger partial charge < -0.3 is 29.9 Å². The molecule has 3 N–H and O–H groups in total. The molecule has 36 heavy (non-hydrogen) atoms. The van der Waals surface area contributed by atoms with Gasteiger partial charge in [-0.25, -0.2) is 0 Å². The summed E-state index contributed by atoms with van der Waals surface area (Å²) in [6.07, 6.45) is 0.479. The van der Waals surface area contributed by atoms with Crippen LogP contribution in [0, 0.1) is 5.92 Å². The fourth-order valence-corrected chi connectivity index (χ4v) is 4.65. The molecule has 2 amide bonds. The largest absolute Gasteiger partial charge is 0.493 e. The van der Waals surface area contributed by atoms with Gasteiger partial charge in [-0.3, -0.25) is 19.2 Å². The number of aldehydes is 1. The Kier molecular flexibility index (Phi) is 8.86. The second kappa shape index (κ2) is 11.7. The van der Waals surface area contributed by atoms with Crippen LogP contribution >= 0.6 is 0 Å². The Morgan fingerprint density at radius 2 is 2.00 bits per heavy atom. The molecule has 0 unspecified atom stereocenters. The van der Waals surface area contributed by atoms with Gasteiger partial charge in [0, 0.05) is 36.2 Å². The predicted octanol–water partition coefficient (Wildman–Crippen LogP) is 0.984. The number of carbonyl (C=O) groups is 4. The fraction of sp³-hybridized carbons (Fsp3) is 0.538. The van der Waals surface area contributed by atoms with Crippen LogP contribution in [0.25, 0.3) is 0 Å². The van der Waals surface area contributed by atoms with Crippen LogP contribution in [-0.4, -0.2) is 84.1 Å². The molecule has 1 aromatic rings. The first-order chi connectivity index (χ1) is 17.2. The molecule has 2 aliphatic rings. The van der Waals surface area contributed by atoms with E-state index in [1.807, 2.05) is 13.8 Å². The molecule has 1 aromatic carbocycles. The van der Waals surface area contributed by atoms with Crippen molar-refractivity contribution in [2.45, 2.75) is 57.8 Å². The third kappa shape index (κ3) is 5.29. The minimum absolute atomic E-state index is 0.00346. The first-order valence-corrected chi connectivity index (χ1v) is 12.1. The maximum absolute atomic E-state index is 13.2. The number of benzene rings is 1. The average molecular weight is 503 g/mol. The molecular formula is C26H34N2O8. The summed E-state index contributed by atoms with van der Waals surface area (Å²) in [4.78, 5) is 51.5. The number of aliphatic hydroxyl groups excluding tert-OH is 2. The van der Waals surface area contributed by atoms with Crippen LogP contribution in [0.5, 0.6) is 11.5 Å². The standard InChI is InChI=1S/C26H34N2O8/c1-5-19(31)26(34)28(8-6-14(2)3)18-12-17(25(33)27-7-9-29)21-16-10-15(13-30)11-20(35-4)23(16)36-24(21)22(18)32/h10-14,18,21-22,24,29,32H,5-9H2,1-4H3,(H,27,33)/t18-,21+,22+,24+/m1/s1. The molecule has 0 saturated carbocycles. The Bertz CT molecular complexity index is 1050. The molecule has 4 atom stereocenters. The lowest BCUT2D eigenvalue weighted by Crippen LogP contribution is -2.57. The molecular weight excluding hydrogens is 468 g/mol. The summed E-state index contributed by atoms with van der Waals surface area (Å²) >= 11 is 0. The van der Waals surface area contributed by atoms with E-state index in [1.165, 1.54) is 24.2 Å². The number of fused-ring (bicyclic) bond motifs is 3. The number of methoxy groups -OCH3 is 1. The maximum atomic E-state index is 13.2. The molecule has 1 aliphatic carbocycles. The van der Waals surface area contributed by atoms with Crippen molar-refractivity contribution >= 4 is 23.9 Å². The molecule has 0 fully saturated rings. The summed E-state index contributed by atoms with van der Waals surface area (Å²) in [5, 5.41) is 23.3. The van der Waals surface area contributed by atoms with Gasteiger partial charge in [0.2, 0.25) is 11.7 Å². The number of aliphatic hydroxyl groups is 2. The van der Waals surface area contributed by atoms with Crippen molar-refractivity contribution in [2.24, 2.45) is 5.92 Å². The molecule has 0 radical (unpaired) electrons. The van der Waals surface area contributed by atoms with E-state index in [2.05, 4.69) is 5.32 Å². The van der Waals surface area contributed by atoms with E-state index in [9.17, 15) is 29.4 Å². The highest BCUT2D eigenvalue weighted by molar-refractivity contribution is 6.36. The van der Waals surface area contributed by atoms with Crippen molar-refractivity contribution in [1.29, 1.82) is 0 Å². The number of rotatable bonds is 11. The molecule has 0 bridgehead atoms. The smallest absolute Gasteiger partial charge is 0.290 e. The van der Waals surface area contributed by atoms with Crippen LogP contribution in [-0.2, 0) is 14.4 Å². The minimum Gasteiger partial charge on any atom is -0.493 e. The third-order valence-electron chi connectivity index (χ3n) is 6.54. The zero-order valence-electron chi connectivity index (χ0n) is 21.0. The van der Waals surface area contributed by atoms with E-state index in [-0.39, 0.29) is 43.4 Å². The first-order valence-electron chi connectivity index (χ1n) is 12.1. The average Bonchev–Trinajstić information content (AvgIpc) is 3.26. The second-order valence-electron chi connectivity index (χ2n) is 9.36. The van der Waals surface area contributed by atoms with Crippen LogP contribution in [0.15, 0.2) is 23.8 Å². The van der Waals surface area contributed by atoms with Gasteiger partial charge in [0.1, 0.15) is 18.5 Å². The Balaban J connectivity index is 2.14. The molecule has 1 aliphatic heterocycles. The molecule has 1 heterocycles. The van der Waals surface area contributed by atoms with Crippen molar-refractivity contribution in [2.75, 3.05) is 26.8 Å². The Labute approximate surface area is 210 Å². The van der Waals surface area contributed by atoms with E-state index in [1.54, 1.807) is 13.0 Å². The van der Waals surface area contributed by atoms with E-state index >= 15 is 0 Å². The van der Waals surface area contributed by atoms with Crippen LogP contribution in [0.1, 0.15) is 55.5 Å². The SMILES string of the molecule is CCC(=O)C(=O)N(CCC(C)C)[C@@H]1C=C(C(=O)NCCO)[C@@H]2c3cc(C=O)cc(OC)c3O[C@@H]2[C@H]1O. The van der Waals surface area contributed by atoms with Gasteiger partial charge in [-0.05, 0) is 30.5 Å². The van der Waals surface area contributed by atoms with Crippen molar-refractivity contribution in [1.82, 2.24) is 10.2 Å². The van der Waals surface area contributed by atoms with Gasteiger partial charge in [0.25, 0.3) is 5.91 Å². The van der Waals surface area contributed by atoms with Gasteiger partial charge in [-0.2, -0.15) is 0 Å². The Hall–Kier alpha value is -3.24. The van der Waals surface area contributed by atoms with Gasteiger partial charge in [-0.15, -0.1) is 0 Å². The summed E-state index contributed by atoms with van der Waals surface area (Å²) in [6, 6.07) is 2.08. The summed E-state index contributed by atoms with van der Waals surface area (Å²) in [5.74, 6) is -1.81. The number of hydrogen-bond donors (Lipinski definition) is 3. The maximum Gasteiger partial charge on any atom is 0.290 e. The van der Waals surface area contributed by atoms with Gasteiger partial charge in [0.15, 0.2) is 11.5 Å². The zero-order chi connectivity index (χ0) is 26.6. The molecule has 10 nitrogen and oxygen atoms in total. The molecule has 196 valence electrons. The number of nitrogens with one attached hydrogen (secondary N) is 1. The van der Waals surface area contributed by atoms with Crippen molar-refractivity contribution in [3.05, 3.63) is 34.9 Å². The number of ketones is 1. The third-order valence-corrected chi connectivity index (χ3v) is 6.54. The number of amides is 2. The zero-order valence-corrected chi connectivity index (χ0v) is 21.0. The number of Topliss-reactive ketones (excluding diaryl/α,β-unsaturated/α-hetero) is 1. The van der Waals surface area contributed by atoms with Gasteiger partial charge in [-0.1, -0.05) is 20.8 Å². The topological polar surface area (TPSA) is 142 Å². The number of hydrogen-bond acceptors (Lipinski definition) is 8. The monoisotopic (exact) mass is 502 g/mol. The lowest BCUT2D eigenvalue weighted by molar-refractivity contribution is -0.148. The van der Waals surface area contributed by atoms with Crippen LogP contribution in [0.2, 0.25) is 0 Å². The molecule has 0 aromatic heterocycles. The Morgan fingerprint density at radius 1 is 1.28 bits per heavy atom. The van der Waals surface area contributed by atoms with E-state index < -0.39 is 41.8 Å². The number of nitrogens with zero attached hydrogens (tertiary/aromatic N) is 1. The van der Waals surface area contributed by atoms with Crippen molar-refractivity contribution in [3.63, 3.8) is 0 Å². The summed E-state index contributed by atoms with van der Waals surface area (Å²) in [7, 11) is 1.42. The van der Waals surface area contributed by atoms with Crippen LogP contribution in [0.4, 0.5) is 0 Å². The van der Waals surface area contributed by atoms with Crippen LogP contribution in [0.3, 0.4) is 0 Å². The normalized spacial score (nSPS) is 22.1. The lowest BCUT2D eigenvalue weighted by atomic mass is 9.77. The van der Waals surface area contributed by atoms with E-state index in [0.29, 0.717) is 29.6 Å². The van der Waals surface area contributed by atoms with Crippen LogP contribution < -0.4 is 14.8 Å². The summed E-state index contributed by atoms with van der Waals surface area (Å²) in [6.45, 7) is 5.47. The predicted molar refractivity (Wildman–Crippen MR) is 130 cm³/mol. The summed E-state index contributed by atoms with van der Waals surface area (Å²) < 4.78 is 11.5. The summed E-state index contributed by atoms with van der Waals surface area (Å²) in [5.41, 5.74) is 1.01. The highest BCUT2D eigenvalue weighted by Gasteiger charge is 2.51. The quantitative estimate of drug-likeness (QED) is 0.300. The van der Waals surface area contributed by atoms with Crippen molar-refractivity contribution < 1.29 is 38.9 Å². The van der Waals surface area contributed by atoms with E-state index in [4.69, 9.17) is 9.47 Å². The van der Waals surface area contributed by atoms with Gasteiger partial charge in [0.05, 0.1) is 25.7 Å². The molecule has 10 heteroatoms. The number of carbonyl (C=O) groups excluding carboxylic acids is 4. The molecule has 0 saturated heterocycles. The van der Waals surface area contributed by atoms with Gasteiger partial charge >= 0.3 is 0 Å². The lowest BCUT2D eigenvalue weighted by Gasteiger charge is -2.40.